The minimum Gasteiger partial charge on any atom is -0.419 e. The normalized spacial score (nSPS) is 11.2. The molecule has 1 heterocycles. The molecule has 0 aliphatic carbocycles. The highest BCUT2D eigenvalue weighted by atomic mass is 16.4. The molecule has 0 saturated carbocycles. The van der Waals surface area contributed by atoms with Crippen molar-refractivity contribution in [3.63, 3.8) is 0 Å². The van der Waals surface area contributed by atoms with Gasteiger partial charge in [-0.2, -0.15) is 0 Å². The van der Waals surface area contributed by atoms with Crippen LogP contribution in [0.2, 0.25) is 0 Å². The summed E-state index contributed by atoms with van der Waals surface area (Å²) in [7, 11) is 4.03. The van der Waals surface area contributed by atoms with Crippen LogP contribution in [0, 0.1) is 6.92 Å². The lowest BCUT2D eigenvalue weighted by molar-refractivity contribution is 0.286. The Morgan fingerprint density at radius 2 is 1.95 bits per heavy atom. The van der Waals surface area contributed by atoms with Crippen LogP contribution in [0.4, 0.5) is 0 Å². The van der Waals surface area contributed by atoms with Gasteiger partial charge in [0.1, 0.15) is 0 Å². The van der Waals surface area contributed by atoms with Crippen LogP contribution in [0.15, 0.2) is 28.7 Å². The Kier molecular flexibility index (Phi) is 5.26. The predicted molar refractivity (Wildman–Crippen MR) is 79.3 cm³/mol. The quantitative estimate of drug-likeness (QED) is 0.783. The van der Waals surface area contributed by atoms with Crippen LogP contribution in [-0.4, -0.2) is 42.3 Å². The summed E-state index contributed by atoms with van der Waals surface area (Å²) in [4.78, 5) is 2.18. The first-order valence-electron chi connectivity index (χ1n) is 6.91. The highest BCUT2D eigenvalue weighted by molar-refractivity contribution is 5.52. The molecule has 0 spiro atoms. The molecule has 2 aromatic rings. The molecule has 0 radical (unpaired) electrons. The van der Waals surface area contributed by atoms with Gasteiger partial charge in [-0.25, -0.2) is 0 Å². The second-order valence-electron chi connectivity index (χ2n) is 5.06. The molecule has 1 N–H and O–H groups in total. The van der Waals surface area contributed by atoms with Crippen LogP contribution in [0.3, 0.4) is 0 Å². The number of hydrogen-bond acceptors (Lipinski definition) is 5. The van der Waals surface area contributed by atoms with Crippen molar-refractivity contribution < 1.29 is 4.42 Å². The Hall–Kier alpha value is -1.72. The summed E-state index contributed by atoms with van der Waals surface area (Å²) in [6.07, 6.45) is 1.10. The van der Waals surface area contributed by atoms with E-state index in [9.17, 15) is 0 Å². The van der Waals surface area contributed by atoms with Crippen molar-refractivity contribution in [3.8, 4) is 11.5 Å². The molecule has 108 valence electrons. The molecule has 1 aromatic heterocycles. The second-order valence-corrected chi connectivity index (χ2v) is 5.06. The van der Waals surface area contributed by atoms with E-state index in [0.29, 0.717) is 18.3 Å². The standard InChI is InChI=1S/C15H22N4O/c1-12-5-7-13(8-6-12)15-18-17-14(20-15)11-19(3)10-4-9-16-2/h5-8,16H,4,9-11H2,1-3H3. The van der Waals surface area contributed by atoms with Crippen LogP contribution in [0.25, 0.3) is 11.5 Å². The topological polar surface area (TPSA) is 54.2 Å². The Morgan fingerprint density at radius 1 is 1.20 bits per heavy atom. The lowest BCUT2D eigenvalue weighted by Crippen LogP contribution is -2.22. The van der Waals surface area contributed by atoms with Crippen LogP contribution < -0.4 is 5.32 Å². The summed E-state index contributed by atoms with van der Waals surface area (Å²) in [5.74, 6) is 1.25. The molecule has 0 atom stereocenters. The third-order valence-electron chi connectivity index (χ3n) is 3.14. The fourth-order valence-corrected chi connectivity index (χ4v) is 1.97. The van der Waals surface area contributed by atoms with E-state index in [0.717, 1.165) is 25.1 Å². The fourth-order valence-electron chi connectivity index (χ4n) is 1.97. The van der Waals surface area contributed by atoms with Gasteiger partial charge < -0.3 is 9.73 Å². The summed E-state index contributed by atoms with van der Waals surface area (Å²) in [6.45, 7) is 4.76. The summed E-state index contributed by atoms with van der Waals surface area (Å²) in [5, 5.41) is 11.4. The monoisotopic (exact) mass is 274 g/mol. The first-order chi connectivity index (χ1) is 9.69. The maximum atomic E-state index is 5.71. The maximum absolute atomic E-state index is 5.71. The van der Waals surface area contributed by atoms with Gasteiger partial charge in [0.2, 0.25) is 11.8 Å². The number of aromatic nitrogens is 2. The van der Waals surface area contributed by atoms with E-state index >= 15 is 0 Å². The van der Waals surface area contributed by atoms with Crippen molar-refractivity contribution in [2.24, 2.45) is 0 Å². The molecule has 0 amide bonds. The van der Waals surface area contributed by atoms with Crippen molar-refractivity contribution in [2.75, 3.05) is 27.2 Å². The van der Waals surface area contributed by atoms with E-state index in [1.165, 1.54) is 5.56 Å². The molecule has 0 unspecified atom stereocenters. The van der Waals surface area contributed by atoms with Crippen LogP contribution in [0.5, 0.6) is 0 Å². The molecule has 0 saturated heterocycles. The van der Waals surface area contributed by atoms with Crippen molar-refractivity contribution in [3.05, 3.63) is 35.7 Å². The van der Waals surface area contributed by atoms with Crippen LogP contribution in [-0.2, 0) is 6.54 Å². The van der Waals surface area contributed by atoms with Crippen molar-refractivity contribution in [2.45, 2.75) is 19.9 Å². The maximum Gasteiger partial charge on any atom is 0.247 e. The zero-order valence-corrected chi connectivity index (χ0v) is 12.4. The number of benzene rings is 1. The zero-order chi connectivity index (χ0) is 14.4. The van der Waals surface area contributed by atoms with Gasteiger partial charge in [-0.15, -0.1) is 10.2 Å². The first-order valence-corrected chi connectivity index (χ1v) is 6.91. The predicted octanol–water partition coefficient (Wildman–Crippen LogP) is 2.09. The average Bonchev–Trinajstić information content (AvgIpc) is 2.88. The van der Waals surface area contributed by atoms with E-state index in [1.54, 1.807) is 0 Å². The third-order valence-corrected chi connectivity index (χ3v) is 3.14. The van der Waals surface area contributed by atoms with E-state index in [4.69, 9.17) is 4.42 Å². The van der Waals surface area contributed by atoms with Crippen molar-refractivity contribution in [1.29, 1.82) is 0 Å². The van der Waals surface area contributed by atoms with Crippen LogP contribution in [0.1, 0.15) is 17.9 Å². The van der Waals surface area contributed by atoms with Gasteiger partial charge in [-0.1, -0.05) is 17.7 Å². The SMILES string of the molecule is CNCCCN(C)Cc1nnc(-c2ccc(C)cc2)o1. The van der Waals surface area contributed by atoms with Crippen molar-refractivity contribution >= 4 is 0 Å². The number of aryl methyl sites for hydroxylation is 1. The average molecular weight is 274 g/mol. The Morgan fingerprint density at radius 3 is 2.65 bits per heavy atom. The van der Waals surface area contributed by atoms with E-state index in [-0.39, 0.29) is 0 Å². The highest BCUT2D eigenvalue weighted by Crippen LogP contribution is 2.18. The van der Waals surface area contributed by atoms with E-state index < -0.39 is 0 Å². The van der Waals surface area contributed by atoms with Gasteiger partial charge in [-0.05, 0) is 52.7 Å². The molecule has 0 aliphatic rings. The smallest absolute Gasteiger partial charge is 0.247 e. The molecular weight excluding hydrogens is 252 g/mol. The highest BCUT2D eigenvalue weighted by Gasteiger charge is 2.10. The molecule has 5 heteroatoms. The zero-order valence-electron chi connectivity index (χ0n) is 12.4. The minimum atomic E-state index is 0.587. The Balaban J connectivity index is 1.93. The molecule has 1 aromatic carbocycles. The van der Waals surface area contributed by atoms with Gasteiger partial charge in [0.05, 0.1) is 6.54 Å². The fraction of sp³-hybridized carbons (Fsp3) is 0.467. The van der Waals surface area contributed by atoms with Gasteiger partial charge >= 0.3 is 0 Å². The van der Waals surface area contributed by atoms with E-state index in [1.807, 2.05) is 31.3 Å². The molecule has 2 rings (SSSR count). The largest absolute Gasteiger partial charge is 0.419 e. The molecule has 0 bridgehead atoms. The summed E-state index contributed by atoms with van der Waals surface area (Å²) < 4.78 is 5.71. The number of nitrogens with zero attached hydrogens (tertiary/aromatic N) is 3. The second kappa shape index (κ2) is 7.17. The van der Waals surface area contributed by atoms with Crippen molar-refractivity contribution in [1.82, 2.24) is 20.4 Å². The van der Waals surface area contributed by atoms with Crippen LogP contribution >= 0.6 is 0 Å². The van der Waals surface area contributed by atoms with Gasteiger partial charge in [0.25, 0.3) is 0 Å². The summed E-state index contributed by atoms with van der Waals surface area (Å²) >= 11 is 0. The molecule has 0 aliphatic heterocycles. The Labute approximate surface area is 120 Å². The lowest BCUT2D eigenvalue weighted by atomic mass is 10.1. The number of rotatable bonds is 7. The van der Waals surface area contributed by atoms with Gasteiger partial charge in [0.15, 0.2) is 0 Å². The summed E-state index contributed by atoms with van der Waals surface area (Å²) in [6, 6.07) is 8.10. The molecule has 5 nitrogen and oxygen atoms in total. The first kappa shape index (κ1) is 14.7. The Bertz CT molecular complexity index is 521. The summed E-state index contributed by atoms with van der Waals surface area (Å²) in [5.41, 5.74) is 2.19. The number of nitrogens with one attached hydrogen (secondary N) is 1. The number of hydrogen-bond donors (Lipinski definition) is 1. The molecule has 20 heavy (non-hydrogen) atoms. The minimum absolute atomic E-state index is 0.587. The lowest BCUT2D eigenvalue weighted by Gasteiger charge is -2.13. The third kappa shape index (κ3) is 4.15. The molecule has 0 fully saturated rings. The van der Waals surface area contributed by atoms with E-state index in [2.05, 4.69) is 34.4 Å². The van der Waals surface area contributed by atoms with Gasteiger partial charge in [0, 0.05) is 5.56 Å². The molecular formula is C15H22N4O. The van der Waals surface area contributed by atoms with Gasteiger partial charge in [-0.3, -0.25) is 4.90 Å².